The third-order valence-electron chi connectivity index (χ3n) is 1.94. The van der Waals surface area contributed by atoms with Gasteiger partial charge in [-0.25, -0.2) is 4.98 Å². The fourth-order valence-corrected chi connectivity index (χ4v) is 1.14. The summed E-state index contributed by atoms with van der Waals surface area (Å²) < 4.78 is 10.2. The van der Waals surface area contributed by atoms with Crippen molar-refractivity contribution in [2.24, 2.45) is 0 Å². The molecule has 0 spiro atoms. The molecule has 15 heavy (non-hydrogen) atoms. The first-order valence-electron chi connectivity index (χ1n) is 5.23. The van der Waals surface area contributed by atoms with Gasteiger partial charge in [0.25, 0.3) is 0 Å². The van der Waals surface area contributed by atoms with Gasteiger partial charge in [0.1, 0.15) is 0 Å². The molecule has 2 N–H and O–H groups in total. The Morgan fingerprint density at radius 1 is 1.33 bits per heavy atom. The number of hydrogen-bond acceptors (Lipinski definition) is 4. The summed E-state index contributed by atoms with van der Waals surface area (Å²) in [6, 6.07) is 0. The van der Waals surface area contributed by atoms with Crippen molar-refractivity contribution in [2.45, 2.75) is 12.8 Å². The van der Waals surface area contributed by atoms with Crippen molar-refractivity contribution in [3.8, 4) is 0 Å². The van der Waals surface area contributed by atoms with Crippen LogP contribution in [0.25, 0.3) is 0 Å². The van der Waals surface area contributed by atoms with E-state index in [1.165, 1.54) is 0 Å². The van der Waals surface area contributed by atoms with E-state index >= 15 is 0 Å². The van der Waals surface area contributed by atoms with Crippen molar-refractivity contribution in [2.75, 3.05) is 38.8 Å². The summed E-state index contributed by atoms with van der Waals surface area (Å²) in [5, 5.41) is 3.18. The lowest BCUT2D eigenvalue weighted by Gasteiger charge is -2.04. The maximum atomic E-state index is 5.34. The van der Waals surface area contributed by atoms with Gasteiger partial charge in [0.15, 0.2) is 5.95 Å². The average Bonchev–Trinajstić information content (AvgIpc) is 2.75. The van der Waals surface area contributed by atoms with Gasteiger partial charge in [-0.1, -0.05) is 0 Å². The Kier molecular flexibility index (Phi) is 6.61. The van der Waals surface area contributed by atoms with Crippen LogP contribution in [-0.2, 0) is 9.47 Å². The van der Waals surface area contributed by atoms with E-state index in [1.807, 2.05) is 0 Å². The Bertz CT molecular complexity index is 227. The Labute approximate surface area is 90.2 Å². The summed E-state index contributed by atoms with van der Waals surface area (Å²) in [7, 11) is 1.68. The molecular formula is C10H19N3O2. The molecule has 0 fully saturated rings. The van der Waals surface area contributed by atoms with E-state index < -0.39 is 0 Å². The number of aromatic amines is 1. The van der Waals surface area contributed by atoms with E-state index in [9.17, 15) is 0 Å². The molecule has 5 heteroatoms. The Morgan fingerprint density at radius 2 is 2.27 bits per heavy atom. The van der Waals surface area contributed by atoms with Crippen molar-refractivity contribution in [1.82, 2.24) is 9.97 Å². The molecule has 0 aliphatic heterocycles. The molecule has 1 rings (SSSR count). The number of H-pyrrole nitrogens is 1. The largest absolute Gasteiger partial charge is 0.382 e. The first-order chi connectivity index (χ1) is 7.43. The number of nitrogens with one attached hydrogen (secondary N) is 2. The lowest BCUT2D eigenvalue weighted by atomic mass is 10.3. The fraction of sp³-hybridized carbons (Fsp3) is 0.700. The highest BCUT2D eigenvalue weighted by molar-refractivity contribution is 5.22. The van der Waals surface area contributed by atoms with Crippen LogP contribution in [0.2, 0.25) is 0 Å². The second-order valence-corrected chi connectivity index (χ2v) is 3.18. The molecule has 1 aromatic heterocycles. The second kappa shape index (κ2) is 8.26. The molecule has 1 aromatic rings. The van der Waals surface area contributed by atoms with E-state index in [1.54, 1.807) is 19.5 Å². The van der Waals surface area contributed by atoms with Crippen molar-refractivity contribution >= 4 is 5.95 Å². The van der Waals surface area contributed by atoms with Crippen molar-refractivity contribution in [3.63, 3.8) is 0 Å². The van der Waals surface area contributed by atoms with E-state index in [0.29, 0.717) is 13.2 Å². The van der Waals surface area contributed by atoms with Crippen LogP contribution < -0.4 is 5.32 Å². The number of hydrogen-bond donors (Lipinski definition) is 2. The lowest BCUT2D eigenvalue weighted by Crippen LogP contribution is -2.06. The van der Waals surface area contributed by atoms with E-state index in [0.717, 1.165) is 31.9 Å². The molecule has 0 atom stereocenters. The maximum Gasteiger partial charge on any atom is 0.200 e. The lowest BCUT2D eigenvalue weighted by molar-refractivity contribution is 0.0691. The molecule has 0 aliphatic rings. The van der Waals surface area contributed by atoms with Gasteiger partial charge >= 0.3 is 0 Å². The molecule has 0 bridgehead atoms. The predicted molar refractivity (Wildman–Crippen MR) is 59.0 cm³/mol. The third kappa shape index (κ3) is 6.09. The fourth-order valence-electron chi connectivity index (χ4n) is 1.14. The normalized spacial score (nSPS) is 10.5. The summed E-state index contributed by atoms with van der Waals surface area (Å²) in [4.78, 5) is 7.05. The topological polar surface area (TPSA) is 59.2 Å². The number of rotatable bonds is 9. The van der Waals surface area contributed by atoms with Crippen molar-refractivity contribution < 1.29 is 9.47 Å². The SMILES string of the molecule is COCCOCCCCNc1ncc[nH]1. The molecular weight excluding hydrogens is 194 g/mol. The first kappa shape index (κ1) is 12.0. The monoisotopic (exact) mass is 213 g/mol. The molecule has 0 saturated carbocycles. The van der Waals surface area contributed by atoms with Crippen LogP contribution in [0.1, 0.15) is 12.8 Å². The Hall–Kier alpha value is -1.07. The number of anilines is 1. The number of ether oxygens (including phenoxy) is 2. The molecule has 0 unspecified atom stereocenters. The molecule has 0 amide bonds. The second-order valence-electron chi connectivity index (χ2n) is 3.18. The van der Waals surface area contributed by atoms with Crippen LogP contribution in [0.5, 0.6) is 0 Å². The molecule has 5 nitrogen and oxygen atoms in total. The highest BCUT2D eigenvalue weighted by Gasteiger charge is 1.92. The number of aromatic nitrogens is 2. The molecule has 0 aromatic carbocycles. The summed E-state index contributed by atoms with van der Waals surface area (Å²) in [6.07, 6.45) is 5.66. The van der Waals surface area contributed by atoms with Gasteiger partial charge in [0.05, 0.1) is 13.2 Å². The summed E-state index contributed by atoms with van der Waals surface area (Å²) in [6.45, 7) is 3.07. The Balaban J connectivity index is 1.81. The minimum atomic E-state index is 0.671. The van der Waals surface area contributed by atoms with Crippen LogP contribution in [-0.4, -0.2) is 43.4 Å². The zero-order valence-corrected chi connectivity index (χ0v) is 9.16. The van der Waals surface area contributed by atoms with E-state index in [4.69, 9.17) is 9.47 Å². The number of imidazole rings is 1. The summed E-state index contributed by atoms with van der Waals surface area (Å²) in [5.41, 5.74) is 0. The smallest absolute Gasteiger partial charge is 0.200 e. The van der Waals surface area contributed by atoms with Crippen LogP contribution >= 0.6 is 0 Å². The van der Waals surface area contributed by atoms with Gasteiger partial charge in [0, 0.05) is 32.7 Å². The molecule has 0 radical (unpaired) electrons. The average molecular weight is 213 g/mol. The van der Waals surface area contributed by atoms with Gasteiger partial charge in [-0.05, 0) is 12.8 Å². The van der Waals surface area contributed by atoms with Crippen molar-refractivity contribution in [3.05, 3.63) is 12.4 Å². The van der Waals surface area contributed by atoms with Gasteiger partial charge in [0.2, 0.25) is 0 Å². The molecule has 86 valence electrons. The van der Waals surface area contributed by atoms with Crippen LogP contribution in [0, 0.1) is 0 Å². The number of methoxy groups -OCH3 is 1. The number of nitrogens with zero attached hydrogens (tertiary/aromatic N) is 1. The Morgan fingerprint density at radius 3 is 3.00 bits per heavy atom. The first-order valence-corrected chi connectivity index (χ1v) is 5.23. The zero-order valence-electron chi connectivity index (χ0n) is 9.16. The highest BCUT2D eigenvalue weighted by Crippen LogP contribution is 1.96. The van der Waals surface area contributed by atoms with Gasteiger partial charge in [-0.15, -0.1) is 0 Å². The summed E-state index contributed by atoms with van der Waals surface area (Å²) in [5.74, 6) is 0.829. The maximum absolute atomic E-state index is 5.34. The molecule has 0 saturated heterocycles. The predicted octanol–water partition coefficient (Wildman–Crippen LogP) is 1.26. The standard InChI is InChI=1S/C10H19N3O2/c1-14-8-9-15-7-3-2-4-11-10-12-5-6-13-10/h5-6H,2-4,7-9H2,1H3,(H2,11,12,13). The van der Waals surface area contributed by atoms with E-state index in [-0.39, 0.29) is 0 Å². The van der Waals surface area contributed by atoms with Crippen LogP contribution in [0.4, 0.5) is 5.95 Å². The van der Waals surface area contributed by atoms with Gasteiger partial charge in [-0.2, -0.15) is 0 Å². The van der Waals surface area contributed by atoms with Crippen LogP contribution in [0.3, 0.4) is 0 Å². The zero-order chi connectivity index (χ0) is 10.8. The summed E-state index contributed by atoms with van der Waals surface area (Å²) >= 11 is 0. The minimum absolute atomic E-state index is 0.671. The van der Waals surface area contributed by atoms with Gasteiger partial charge < -0.3 is 19.8 Å². The molecule has 0 aliphatic carbocycles. The molecule has 1 heterocycles. The minimum Gasteiger partial charge on any atom is -0.382 e. The number of unbranched alkanes of at least 4 members (excludes halogenated alkanes) is 1. The van der Waals surface area contributed by atoms with E-state index in [2.05, 4.69) is 15.3 Å². The highest BCUT2D eigenvalue weighted by atomic mass is 16.5. The van der Waals surface area contributed by atoms with Crippen molar-refractivity contribution in [1.29, 1.82) is 0 Å². The quantitative estimate of drug-likeness (QED) is 0.606. The third-order valence-corrected chi connectivity index (χ3v) is 1.94. The van der Waals surface area contributed by atoms with Gasteiger partial charge in [-0.3, -0.25) is 0 Å². The van der Waals surface area contributed by atoms with Crippen LogP contribution in [0.15, 0.2) is 12.4 Å².